The molecule has 1 aromatic heterocycles. The molecule has 2 aromatic carbocycles. The Bertz CT molecular complexity index is 981. The van der Waals surface area contributed by atoms with Crippen LogP contribution in [0, 0.1) is 5.82 Å². The molecule has 1 heterocycles. The second-order valence-electron chi connectivity index (χ2n) is 6.44. The highest BCUT2D eigenvalue weighted by atomic mass is 35.5. The summed E-state index contributed by atoms with van der Waals surface area (Å²) in [6, 6.07) is 13.2. The summed E-state index contributed by atoms with van der Waals surface area (Å²) in [5.41, 5.74) is 1.38. The molecule has 0 bridgehead atoms. The van der Waals surface area contributed by atoms with Crippen LogP contribution >= 0.6 is 23.4 Å². The van der Waals surface area contributed by atoms with Crippen LogP contribution in [0.1, 0.15) is 12.8 Å². The Morgan fingerprint density at radius 3 is 2.70 bits per heavy atom. The number of methoxy groups -OCH3 is 1. The molecule has 30 heavy (non-hydrogen) atoms. The van der Waals surface area contributed by atoms with Crippen molar-refractivity contribution in [1.82, 2.24) is 14.8 Å². The van der Waals surface area contributed by atoms with Crippen molar-refractivity contribution in [1.29, 1.82) is 0 Å². The number of thioether (sulfide) groups is 1. The third-order valence-electron chi connectivity index (χ3n) is 4.25. The summed E-state index contributed by atoms with van der Waals surface area (Å²) in [4.78, 5) is 12.2. The smallest absolute Gasteiger partial charge is 0.225 e. The Kier molecular flexibility index (Phi) is 8.24. The van der Waals surface area contributed by atoms with Gasteiger partial charge in [-0.3, -0.25) is 4.79 Å². The molecule has 0 fully saturated rings. The van der Waals surface area contributed by atoms with E-state index in [1.807, 2.05) is 28.8 Å². The number of rotatable bonds is 10. The minimum Gasteiger partial charge on any atom is -0.385 e. The van der Waals surface area contributed by atoms with Crippen molar-refractivity contribution in [3.05, 3.63) is 59.4 Å². The highest BCUT2D eigenvalue weighted by Gasteiger charge is 2.16. The molecular weight excluding hydrogens is 427 g/mol. The Hall–Kier alpha value is -2.42. The van der Waals surface area contributed by atoms with Crippen LogP contribution in [0.3, 0.4) is 0 Å². The molecule has 6 nitrogen and oxygen atoms in total. The maximum Gasteiger partial charge on any atom is 0.225 e. The van der Waals surface area contributed by atoms with Gasteiger partial charge in [0.25, 0.3) is 0 Å². The number of aromatic nitrogens is 3. The van der Waals surface area contributed by atoms with Gasteiger partial charge in [-0.15, -0.1) is 10.2 Å². The summed E-state index contributed by atoms with van der Waals surface area (Å²) in [6.45, 7) is 1.29. The van der Waals surface area contributed by atoms with Crippen molar-refractivity contribution in [2.24, 2.45) is 0 Å². The van der Waals surface area contributed by atoms with E-state index < -0.39 is 0 Å². The number of anilines is 1. The number of carbonyl (C=O) groups excluding carboxylic acids is 1. The molecule has 0 aliphatic carbocycles. The number of nitrogens with zero attached hydrogens (tertiary/aromatic N) is 3. The first kappa shape index (κ1) is 22.3. The van der Waals surface area contributed by atoms with Crippen LogP contribution in [0.15, 0.2) is 53.7 Å². The van der Waals surface area contributed by atoms with E-state index in [0.29, 0.717) is 35.4 Å². The number of halogens is 2. The molecule has 0 aliphatic heterocycles. The van der Waals surface area contributed by atoms with Gasteiger partial charge in [-0.1, -0.05) is 35.5 Å². The Balaban J connectivity index is 1.65. The number of hydrogen-bond acceptors (Lipinski definition) is 5. The zero-order valence-corrected chi connectivity index (χ0v) is 18.0. The summed E-state index contributed by atoms with van der Waals surface area (Å²) < 4.78 is 20.1. The van der Waals surface area contributed by atoms with Gasteiger partial charge in [0.2, 0.25) is 5.91 Å². The number of ether oxygens (including phenoxy) is 1. The van der Waals surface area contributed by atoms with E-state index in [0.717, 1.165) is 17.1 Å². The fourth-order valence-electron chi connectivity index (χ4n) is 2.80. The average Bonchev–Trinajstić information content (AvgIpc) is 3.13. The lowest BCUT2D eigenvalue weighted by molar-refractivity contribution is -0.115. The van der Waals surface area contributed by atoms with Gasteiger partial charge in [-0.05, 0) is 42.8 Å². The molecule has 0 radical (unpaired) electrons. The lowest BCUT2D eigenvalue weighted by Crippen LogP contribution is -2.12. The van der Waals surface area contributed by atoms with Gasteiger partial charge < -0.3 is 14.6 Å². The molecule has 0 unspecified atom stereocenters. The van der Waals surface area contributed by atoms with Gasteiger partial charge >= 0.3 is 0 Å². The number of hydrogen-bond donors (Lipinski definition) is 1. The minimum absolute atomic E-state index is 0.147. The van der Waals surface area contributed by atoms with Crippen LogP contribution in [-0.4, -0.2) is 40.1 Å². The third-order valence-corrected chi connectivity index (χ3v) is 5.55. The van der Waals surface area contributed by atoms with E-state index in [4.69, 9.17) is 16.3 Å². The fraction of sp³-hybridized carbons (Fsp3) is 0.286. The molecule has 3 rings (SSSR count). The lowest BCUT2D eigenvalue weighted by atomic mass is 10.2. The minimum atomic E-state index is -0.342. The first-order valence-corrected chi connectivity index (χ1v) is 10.8. The highest BCUT2D eigenvalue weighted by Crippen LogP contribution is 2.29. The largest absolute Gasteiger partial charge is 0.385 e. The molecule has 0 aliphatic rings. The van der Waals surface area contributed by atoms with Crippen molar-refractivity contribution in [2.75, 3.05) is 24.8 Å². The van der Waals surface area contributed by atoms with E-state index in [9.17, 15) is 9.18 Å². The molecular formula is C21H22ClFN4O2S. The molecule has 1 N–H and O–H groups in total. The maximum absolute atomic E-state index is 13.0. The topological polar surface area (TPSA) is 69.0 Å². The maximum atomic E-state index is 13.0. The monoisotopic (exact) mass is 448 g/mol. The predicted molar refractivity (Wildman–Crippen MR) is 117 cm³/mol. The molecule has 0 spiro atoms. The second kappa shape index (κ2) is 11.1. The third kappa shape index (κ3) is 6.04. The second-order valence-corrected chi connectivity index (χ2v) is 7.91. The molecule has 9 heteroatoms. The molecule has 0 saturated carbocycles. The van der Waals surface area contributed by atoms with Crippen LogP contribution in [0.25, 0.3) is 11.4 Å². The van der Waals surface area contributed by atoms with Crippen LogP contribution in [0.4, 0.5) is 10.1 Å². The van der Waals surface area contributed by atoms with Gasteiger partial charge in [-0.2, -0.15) is 0 Å². The van der Waals surface area contributed by atoms with Crippen LogP contribution in [0.5, 0.6) is 0 Å². The zero-order valence-electron chi connectivity index (χ0n) is 16.5. The number of benzene rings is 2. The quantitative estimate of drug-likeness (QED) is 0.353. The summed E-state index contributed by atoms with van der Waals surface area (Å²) in [7, 11) is 1.66. The Labute approximate surface area is 183 Å². The van der Waals surface area contributed by atoms with Crippen molar-refractivity contribution in [3.63, 3.8) is 0 Å². The van der Waals surface area contributed by atoms with Gasteiger partial charge in [-0.25, -0.2) is 4.39 Å². The van der Waals surface area contributed by atoms with E-state index in [-0.39, 0.29) is 18.1 Å². The van der Waals surface area contributed by atoms with Crippen molar-refractivity contribution < 1.29 is 13.9 Å². The van der Waals surface area contributed by atoms with E-state index in [1.54, 1.807) is 7.11 Å². The molecule has 1 amide bonds. The van der Waals surface area contributed by atoms with E-state index in [2.05, 4.69) is 15.5 Å². The van der Waals surface area contributed by atoms with E-state index in [1.165, 1.54) is 36.0 Å². The average molecular weight is 449 g/mol. The summed E-state index contributed by atoms with van der Waals surface area (Å²) >= 11 is 7.80. The number of amides is 1. The van der Waals surface area contributed by atoms with Gasteiger partial charge in [0, 0.05) is 43.7 Å². The highest BCUT2D eigenvalue weighted by molar-refractivity contribution is 7.99. The van der Waals surface area contributed by atoms with Crippen molar-refractivity contribution >= 4 is 35.0 Å². The lowest BCUT2D eigenvalue weighted by Gasteiger charge is -2.11. The summed E-state index contributed by atoms with van der Waals surface area (Å²) in [5, 5.41) is 12.7. The molecule has 0 saturated heterocycles. The predicted octanol–water partition coefficient (Wildman–Crippen LogP) is 4.90. The standard InChI is InChI=1S/C21H22ClFN4O2S/c1-29-13-4-12-27-20(17-5-2-3-6-18(17)22)25-26-21(27)30-14-11-19(28)24-16-9-7-15(23)8-10-16/h2-3,5-10H,4,11-14H2,1H3,(H,24,28). The summed E-state index contributed by atoms with van der Waals surface area (Å²) in [5.74, 6) is 0.726. The number of nitrogens with one attached hydrogen (secondary N) is 1. The van der Waals surface area contributed by atoms with Crippen LogP contribution in [0.2, 0.25) is 5.02 Å². The zero-order chi connectivity index (χ0) is 21.3. The molecule has 0 atom stereocenters. The molecule has 158 valence electrons. The normalized spacial score (nSPS) is 10.9. The molecule has 3 aromatic rings. The Morgan fingerprint density at radius 1 is 1.20 bits per heavy atom. The van der Waals surface area contributed by atoms with Crippen molar-refractivity contribution in [2.45, 2.75) is 24.5 Å². The fourth-order valence-corrected chi connectivity index (χ4v) is 3.92. The van der Waals surface area contributed by atoms with Gasteiger partial charge in [0.05, 0.1) is 5.02 Å². The van der Waals surface area contributed by atoms with E-state index >= 15 is 0 Å². The first-order chi connectivity index (χ1) is 14.6. The van der Waals surface area contributed by atoms with Crippen LogP contribution in [-0.2, 0) is 16.1 Å². The van der Waals surface area contributed by atoms with Gasteiger partial charge in [0.15, 0.2) is 11.0 Å². The summed E-state index contributed by atoms with van der Waals surface area (Å²) in [6.07, 6.45) is 1.08. The Morgan fingerprint density at radius 2 is 1.97 bits per heavy atom. The number of carbonyl (C=O) groups is 1. The van der Waals surface area contributed by atoms with Crippen LogP contribution < -0.4 is 5.32 Å². The van der Waals surface area contributed by atoms with Crippen molar-refractivity contribution in [3.8, 4) is 11.4 Å². The SMILES string of the molecule is COCCCn1c(SCCC(=O)Nc2ccc(F)cc2)nnc1-c1ccccc1Cl. The first-order valence-electron chi connectivity index (χ1n) is 9.43. The van der Waals surface area contributed by atoms with Gasteiger partial charge in [0.1, 0.15) is 5.82 Å².